The fourth-order valence-corrected chi connectivity index (χ4v) is 3.51. The lowest BCUT2D eigenvalue weighted by atomic mass is 9.90. The Kier molecular flexibility index (Phi) is 4.74. The van der Waals surface area contributed by atoms with Gasteiger partial charge in [-0.25, -0.2) is 0 Å². The number of amides is 2. The number of hydrogen-bond acceptors (Lipinski definition) is 2. The van der Waals surface area contributed by atoms with Crippen molar-refractivity contribution in [2.45, 2.75) is 44.9 Å². The predicted molar refractivity (Wildman–Crippen MR) is 103 cm³/mol. The molecule has 0 unspecified atom stereocenters. The first kappa shape index (κ1) is 16.8. The van der Waals surface area contributed by atoms with Crippen LogP contribution in [0.25, 0.3) is 0 Å². The Hall–Kier alpha value is -2.62. The van der Waals surface area contributed by atoms with Crippen LogP contribution in [0.15, 0.2) is 42.5 Å². The van der Waals surface area contributed by atoms with Gasteiger partial charge in [-0.05, 0) is 79.5 Å². The molecule has 0 aliphatic heterocycles. The van der Waals surface area contributed by atoms with Crippen molar-refractivity contribution in [3.05, 3.63) is 59.2 Å². The molecule has 0 spiro atoms. The maximum absolute atomic E-state index is 12.3. The summed E-state index contributed by atoms with van der Waals surface area (Å²) < 4.78 is 0. The van der Waals surface area contributed by atoms with Crippen LogP contribution < -0.4 is 10.6 Å². The lowest BCUT2D eigenvalue weighted by Gasteiger charge is -2.16. The number of hydrogen-bond donors (Lipinski definition) is 2. The SMILES string of the molecule is O=C(Cc1ccc2c(c1)CCCC2)Nc1ccc(NC(=O)C2CC2)cc1. The maximum Gasteiger partial charge on any atom is 0.228 e. The Morgan fingerprint density at radius 3 is 2.19 bits per heavy atom. The van der Waals surface area contributed by atoms with Gasteiger partial charge in [0.15, 0.2) is 0 Å². The van der Waals surface area contributed by atoms with Gasteiger partial charge in [0.2, 0.25) is 11.8 Å². The van der Waals surface area contributed by atoms with Gasteiger partial charge in [0.05, 0.1) is 6.42 Å². The van der Waals surface area contributed by atoms with Crippen molar-refractivity contribution in [2.24, 2.45) is 5.92 Å². The molecule has 0 radical (unpaired) electrons. The van der Waals surface area contributed by atoms with Crippen molar-refractivity contribution in [1.82, 2.24) is 0 Å². The second-order valence-corrected chi connectivity index (χ2v) is 7.38. The molecule has 4 heteroatoms. The smallest absolute Gasteiger partial charge is 0.228 e. The van der Waals surface area contributed by atoms with Gasteiger partial charge < -0.3 is 10.6 Å². The van der Waals surface area contributed by atoms with Crippen LogP contribution >= 0.6 is 0 Å². The fraction of sp³-hybridized carbons (Fsp3) is 0.364. The first-order chi connectivity index (χ1) is 12.7. The average molecular weight is 348 g/mol. The highest BCUT2D eigenvalue weighted by Gasteiger charge is 2.29. The molecule has 26 heavy (non-hydrogen) atoms. The summed E-state index contributed by atoms with van der Waals surface area (Å²) in [7, 11) is 0. The summed E-state index contributed by atoms with van der Waals surface area (Å²) >= 11 is 0. The second-order valence-electron chi connectivity index (χ2n) is 7.38. The van der Waals surface area contributed by atoms with Crippen LogP contribution in [-0.4, -0.2) is 11.8 Å². The topological polar surface area (TPSA) is 58.2 Å². The molecule has 1 saturated carbocycles. The number of anilines is 2. The fourth-order valence-electron chi connectivity index (χ4n) is 3.51. The van der Waals surface area contributed by atoms with E-state index in [1.807, 2.05) is 24.3 Å². The van der Waals surface area contributed by atoms with Crippen LogP contribution in [0.3, 0.4) is 0 Å². The lowest BCUT2D eigenvalue weighted by Crippen LogP contribution is -2.15. The van der Waals surface area contributed by atoms with Gasteiger partial charge in [0.25, 0.3) is 0 Å². The molecule has 2 amide bonds. The molecule has 2 aromatic carbocycles. The number of benzene rings is 2. The highest BCUT2D eigenvalue weighted by atomic mass is 16.2. The summed E-state index contributed by atoms with van der Waals surface area (Å²) in [6, 6.07) is 13.7. The van der Waals surface area contributed by atoms with E-state index in [9.17, 15) is 9.59 Å². The van der Waals surface area contributed by atoms with Crippen LogP contribution in [0.2, 0.25) is 0 Å². The number of fused-ring (bicyclic) bond motifs is 1. The molecule has 2 aliphatic carbocycles. The minimum absolute atomic E-state index is 0.0180. The number of carbonyl (C=O) groups is 2. The van der Waals surface area contributed by atoms with E-state index in [1.54, 1.807) is 0 Å². The average Bonchev–Trinajstić information content (AvgIpc) is 3.48. The molecule has 0 heterocycles. The predicted octanol–water partition coefficient (Wildman–Crippen LogP) is 4.10. The summed E-state index contributed by atoms with van der Waals surface area (Å²) in [5.41, 5.74) is 5.42. The molecule has 0 saturated heterocycles. The molecule has 134 valence electrons. The Morgan fingerprint density at radius 2 is 1.50 bits per heavy atom. The van der Waals surface area contributed by atoms with Crippen molar-refractivity contribution < 1.29 is 9.59 Å². The third-order valence-corrected chi connectivity index (χ3v) is 5.16. The molecule has 0 aromatic heterocycles. The first-order valence-corrected chi connectivity index (χ1v) is 9.49. The molecule has 4 rings (SSSR count). The summed E-state index contributed by atoms with van der Waals surface area (Å²) in [6.07, 6.45) is 7.15. The van der Waals surface area contributed by atoms with Gasteiger partial charge in [-0.1, -0.05) is 18.2 Å². The Balaban J connectivity index is 1.33. The summed E-state index contributed by atoms with van der Waals surface area (Å²) in [4.78, 5) is 24.1. The highest BCUT2D eigenvalue weighted by molar-refractivity contribution is 5.95. The number of nitrogens with one attached hydrogen (secondary N) is 2. The van der Waals surface area contributed by atoms with Gasteiger partial charge in [-0.15, -0.1) is 0 Å². The van der Waals surface area contributed by atoms with Crippen molar-refractivity contribution >= 4 is 23.2 Å². The van der Waals surface area contributed by atoms with Crippen molar-refractivity contribution in [1.29, 1.82) is 0 Å². The molecule has 2 N–H and O–H groups in total. The molecule has 1 fully saturated rings. The first-order valence-electron chi connectivity index (χ1n) is 9.49. The number of carbonyl (C=O) groups excluding carboxylic acids is 2. The maximum atomic E-state index is 12.3. The summed E-state index contributed by atoms with van der Waals surface area (Å²) in [5.74, 6) is 0.260. The lowest BCUT2D eigenvalue weighted by molar-refractivity contribution is -0.117. The van der Waals surface area contributed by atoms with E-state index in [2.05, 4.69) is 28.8 Å². The van der Waals surface area contributed by atoms with Crippen molar-refractivity contribution in [2.75, 3.05) is 10.6 Å². The summed E-state index contributed by atoms with van der Waals surface area (Å²) in [6.45, 7) is 0. The standard InChI is InChI=1S/C22H24N2O2/c25-21(14-15-5-6-16-3-1-2-4-18(16)13-15)23-19-9-11-20(12-10-19)24-22(26)17-7-8-17/h5-6,9-13,17H,1-4,7-8,14H2,(H,23,25)(H,24,26). The van der Waals surface area contributed by atoms with E-state index in [1.165, 1.54) is 24.0 Å². The van der Waals surface area contributed by atoms with E-state index >= 15 is 0 Å². The zero-order valence-electron chi connectivity index (χ0n) is 14.9. The Morgan fingerprint density at radius 1 is 0.846 bits per heavy atom. The normalized spacial score (nSPS) is 15.8. The van der Waals surface area contributed by atoms with E-state index < -0.39 is 0 Å². The van der Waals surface area contributed by atoms with E-state index in [0.29, 0.717) is 6.42 Å². The van der Waals surface area contributed by atoms with E-state index in [0.717, 1.165) is 42.6 Å². The largest absolute Gasteiger partial charge is 0.326 e. The van der Waals surface area contributed by atoms with E-state index in [4.69, 9.17) is 0 Å². The van der Waals surface area contributed by atoms with Crippen molar-refractivity contribution in [3.63, 3.8) is 0 Å². The second kappa shape index (κ2) is 7.32. The third-order valence-electron chi connectivity index (χ3n) is 5.16. The van der Waals surface area contributed by atoms with Crippen LogP contribution in [0.4, 0.5) is 11.4 Å². The third kappa shape index (κ3) is 4.13. The van der Waals surface area contributed by atoms with Gasteiger partial charge in [-0.2, -0.15) is 0 Å². The zero-order valence-corrected chi connectivity index (χ0v) is 14.9. The number of aryl methyl sites for hydroxylation is 2. The molecular formula is C22H24N2O2. The molecule has 4 nitrogen and oxygen atoms in total. The molecule has 0 bridgehead atoms. The number of rotatable bonds is 5. The quantitative estimate of drug-likeness (QED) is 0.855. The van der Waals surface area contributed by atoms with E-state index in [-0.39, 0.29) is 17.7 Å². The van der Waals surface area contributed by atoms with Crippen LogP contribution in [0.5, 0.6) is 0 Å². The van der Waals surface area contributed by atoms with Gasteiger partial charge >= 0.3 is 0 Å². The van der Waals surface area contributed by atoms with Crippen LogP contribution in [0, 0.1) is 5.92 Å². The van der Waals surface area contributed by atoms with Gasteiger partial charge in [-0.3, -0.25) is 9.59 Å². The highest BCUT2D eigenvalue weighted by Crippen LogP contribution is 2.30. The molecule has 2 aromatic rings. The minimum atomic E-state index is -0.0180. The summed E-state index contributed by atoms with van der Waals surface area (Å²) in [5, 5.41) is 5.84. The van der Waals surface area contributed by atoms with Crippen molar-refractivity contribution in [3.8, 4) is 0 Å². The Labute approximate surface area is 154 Å². The van der Waals surface area contributed by atoms with Crippen LogP contribution in [0.1, 0.15) is 42.4 Å². The molecule has 2 aliphatic rings. The van der Waals surface area contributed by atoms with Gasteiger partial charge in [0.1, 0.15) is 0 Å². The zero-order chi connectivity index (χ0) is 17.9. The van der Waals surface area contributed by atoms with Crippen LogP contribution in [-0.2, 0) is 28.9 Å². The Bertz CT molecular complexity index is 823. The molecule has 0 atom stereocenters. The molecular weight excluding hydrogens is 324 g/mol. The van der Waals surface area contributed by atoms with Gasteiger partial charge in [0, 0.05) is 17.3 Å². The minimum Gasteiger partial charge on any atom is -0.326 e. The monoisotopic (exact) mass is 348 g/mol.